The zero-order valence-corrected chi connectivity index (χ0v) is 14.8. The smallest absolute Gasteiger partial charge is 0.114 e. The number of hydrogen-bond donors (Lipinski definition) is 1. The molecule has 0 spiro atoms. The lowest BCUT2D eigenvalue weighted by Crippen LogP contribution is -2.22. The van der Waals surface area contributed by atoms with Gasteiger partial charge in [-0.15, -0.1) is 11.3 Å². The van der Waals surface area contributed by atoms with Crippen LogP contribution in [0.15, 0.2) is 23.6 Å². The molecule has 1 atom stereocenters. The summed E-state index contributed by atoms with van der Waals surface area (Å²) in [7, 11) is 0. The number of nitrogens with zero attached hydrogens (tertiary/aromatic N) is 1. The number of aryl methyl sites for hydroxylation is 2. The van der Waals surface area contributed by atoms with Gasteiger partial charge in [-0.1, -0.05) is 45.9 Å². The van der Waals surface area contributed by atoms with Crippen LogP contribution >= 0.6 is 11.3 Å². The van der Waals surface area contributed by atoms with Crippen molar-refractivity contribution in [2.24, 2.45) is 0 Å². The van der Waals surface area contributed by atoms with Crippen molar-refractivity contribution in [2.75, 3.05) is 6.54 Å². The number of thiazole rings is 1. The lowest BCUT2D eigenvalue weighted by Gasteiger charge is -2.18. The van der Waals surface area contributed by atoms with Gasteiger partial charge in [0.15, 0.2) is 0 Å². The Bertz CT molecular complexity index is 608. The van der Waals surface area contributed by atoms with Crippen LogP contribution in [0.3, 0.4) is 0 Å². The van der Waals surface area contributed by atoms with Gasteiger partial charge in [-0.3, -0.25) is 0 Å². The van der Waals surface area contributed by atoms with E-state index in [9.17, 15) is 0 Å². The van der Waals surface area contributed by atoms with Crippen molar-refractivity contribution in [3.05, 3.63) is 51.0 Å². The number of benzene rings is 1. The van der Waals surface area contributed by atoms with Crippen LogP contribution in [-0.2, 0) is 5.41 Å². The topological polar surface area (TPSA) is 24.9 Å². The molecule has 0 fully saturated rings. The van der Waals surface area contributed by atoms with Crippen molar-refractivity contribution in [1.29, 1.82) is 0 Å². The highest BCUT2D eigenvalue weighted by atomic mass is 32.1. The molecule has 0 aliphatic carbocycles. The van der Waals surface area contributed by atoms with E-state index < -0.39 is 0 Å². The molecular formula is C18H26N2S. The summed E-state index contributed by atoms with van der Waals surface area (Å²) in [4.78, 5) is 4.88. The van der Waals surface area contributed by atoms with E-state index >= 15 is 0 Å². The maximum atomic E-state index is 4.88. The summed E-state index contributed by atoms with van der Waals surface area (Å²) < 4.78 is 0. The molecule has 2 aromatic rings. The Labute approximate surface area is 132 Å². The van der Waals surface area contributed by atoms with Gasteiger partial charge < -0.3 is 5.32 Å². The van der Waals surface area contributed by atoms with Crippen LogP contribution in [0.2, 0.25) is 0 Å². The van der Waals surface area contributed by atoms with Crippen molar-refractivity contribution >= 4 is 11.3 Å². The minimum absolute atomic E-state index is 0.106. The van der Waals surface area contributed by atoms with Crippen LogP contribution in [0, 0.1) is 13.8 Å². The maximum absolute atomic E-state index is 4.88. The minimum atomic E-state index is 0.106. The largest absolute Gasteiger partial charge is 0.305 e. The molecule has 2 rings (SSSR count). The second-order valence-corrected chi connectivity index (χ2v) is 7.55. The molecule has 0 saturated heterocycles. The summed E-state index contributed by atoms with van der Waals surface area (Å²) in [5.41, 5.74) is 5.25. The summed E-state index contributed by atoms with van der Waals surface area (Å²) in [6.07, 6.45) is 0. The van der Waals surface area contributed by atoms with Crippen LogP contribution in [-0.4, -0.2) is 11.5 Å². The second kappa shape index (κ2) is 6.29. The first-order valence-corrected chi connectivity index (χ1v) is 8.47. The minimum Gasteiger partial charge on any atom is -0.305 e. The van der Waals surface area contributed by atoms with Crippen molar-refractivity contribution in [3.63, 3.8) is 0 Å². The van der Waals surface area contributed by atoms with Gasteiger partial charge in [0, 0.05) is 10.8 Å². The van der Waals surface area contributed by atoms with Crippen molar-refractivity contribution in [3.8, 4) is 0 Å². The molecule has 3 heteroatoms. The quantitative estimate of drug-likeness (QED) is 0.881. The molecule has 0 radical (unpaired) electrons. The zero-order valence-electron chi connectivity index (χ0n) is 13.9. The first-order chi connectivity index (χ1) is 9.82. The monoisotopic (exact) mass is 302 g/mol. The van der Waals surface area contributed by atoms with E-state index in [2.05, 4.69) is 70.4 Å². The highest BCUT2D eigenvalue weighted by Gasteiger charge is 2.22. The van der Waals surface area contributed by atoms with Crippen LogP contribution in [0.5, 0.6) is 0 Å². The number of hydrogen-bond acceptors (Lipinski definition) is 3. The fourth-order valence-corrected chi connectivity index (χ4v) is 3.41. The second-order valence-electron chi connectivity index (χ2n) is 6.66. The summed E-state index contributed by atoms with van der Waals surface area (Å²) >= 11 is 1.76. The van der Waals surface area contributed by atoms with E-state index in [0.29, 0.717) is 0 Å². The highest BCUT2D eigenvalue weighted by Crippen LogP contribution is 2.30. The lowest BCUT2D eigenvalue weighted by atomic mass is 9.93. The molecule has 1 aromatic carbocycles. The molecule has 1 heterocycles. The van der Waals surface area contributed by atoms with E-state index in [1.807, 2.05) is 0 Å². The van der Waals surface area contributed by atoms with E-state index in [1.165, 1.54) is 22.4 Å². The summed E-state index contributed by atoms with van der Waals surface area (Å²) in [5.74, 6) is 0. The molecule has 0 amide bonds. The van der Waals surface area contributed by atoms with Gasteiger partial charge in [0.25, 0.3) is 0 Å². The SMILES string of the molecule is CCNC(c1ccc(C)c(C)c1)c1nc(C(C)(C)C)cs1. The molecule has 1 N–H and O–H groups in total. The average molecular weight is 302 g/mol. The average Bonchev–Trinajstić information content (AvgIpc) is 2.89. The highest BCUT2D eigenvalue weighted by molar-refractivity contribution is 7.09. The molecule has 1 unspecified atom stereocenters. The third-order valence-corrected chi connectivity index (χ3v) is 4.72. The van der Waals surface area contributed by atoms with Crippen LogP contribution in [0.1, 0.15) is 61.1 Å². The number of nitrogens with one attached hydrogen (secondary N) is 1. The first kappa shape index (κ1) is 16.2. The lowest BCUT2D eigenvalue weighted by molar-refractivity contribution is 0.562. The fraction of sp³-hybridized carbons (Fsp3) is 0.500. The number of rotatable bonds is 4. The molecule has 0 saturated carbocycles. The van der Waals surface area contributed by atoms with E-state index in [-0.39, 0.29) is 11.5 Å². The predicted octanol–water partition coefficient (Wildman–Crippen LogP) is 4.76. The van der Waals surface area contributed by atoms with Gasteiger partial charge in [0.1, 0.15) is 5.01 Å². The molecule has 1 aromatic heterocycles. The van der Waals surface area contributed by atoms with Crippen molar-refractivity contribution in [2.45, 2.75) is 53.0 Å². The van der Waals surface area contributed by atoms with Crippen LogP contribution in [0.4, 0.5) is 0 Å². The maximum Gasteiger partial charge on any atom is 0.114 e. The predicted molar refractivity (Wildman–Crippen MR) is 92.2 cm³/mol. The molecule has 114 valence electrons. The van der Waals surface area contributed by atoms with Gasteiger partial charge in [-0.05, 0) is 37.1 Å². The summed E-state index contributed by atoms with van der Waals surface area (Å²) in [6.45, 7) is 14.0. The van der Waals surface area contributed by atoms with Gasteiger partial charge in [-0.2, -0.15) is 0 Å². The normalized spacial score (nSPS) is 13.4. The van der Waals surface area contributed by atoms with Gasteiger partial charge in [0.2, 0.25) is 0 Å². The van der Waals surface area contributed by atoms with Crippen molar-refractivity contribution in [1.82, 2.24) is 10.3 Å². The first-order valence-electron chi connectivity index (χ1n) is 7.59. The Morgan fingerprint density at radius 3 is 2.43 bits per heavy atom. The Kier molecular flexibility index (Phi) is 4.84. The molecule has 0 aliphatic rings. The third-order valence-electron chi connectivity index (χ3n) is 3.81. The molecule has 0 bridgehead atoms. The zero-order chi connectivity index (χ0) is 15.6. The third kappa shape index (κ3) is 3.72. The Hall–Kier alpha value is -1.19. The summed E-state index contributed by atoms with van der Waals surface area (Å²) in [5, 5.41) is 6.93. The van der Waals surface area contributed by atoms with Gasteiger partial charge in [0.05, 0.1) is 11.7 Å². The molecular weight excluding hydrogens is 276 g/mol. The van der Waals surface area contributed by atoms with E-state index in [0.717, 1.165) is 11.6 Å². The number of aromatic nitrogens is 1. The standard InChI is InChI=1S/C18H26N2S/c1-7-19-16(14-9-8-12(2)13(3)10-14)17-20-15(11-21-17)18(4,5)6/h8-11,16,19H,7H2,1-6H3. The molecule has 21 heavy (non-hydrogen) atoms. The van der Waals surface area contributed by atoms with Crippen LogP contribution < -0.4 is 5.32 Å². The Balaban J connectivity index is 2.38. The van der Waals surface area contributed by atoms with E-state index in [4.69, 9.17) is 4.98 Å². The summed E-state index contributed by atoms with van der Waals surface area (Å²) in [6, 6.07) is 6.89. The van der Waals surface area contributed by atoms with E-state index in [1.54, 1.807) is 11.3 Å². The molecule has 0 aliphatic heterocycles. The Morgan fingerprint density at radius 2 is 1.90 bits per heavy atom. The van der Waals surface area contributed by atoms with Gasteiger partial charge >= 0.3 is 0 Å². The fourth-order valence-electron chi connectivity index (χ4n) is 2.26. The van der Waals surface area contributed by atoms with Crippen LogP contribution in [0.25, 0.3) is 0 Å². The Morgan fingerprint density at radius 1 is 1.19 bits per heavy atom. The van der Waals surface area contributed by atoms with Crippen molar-refractivity contribution < 1.29 is 0 Å². The molecule has 2 nitrogen and oxygen atoms in total. The van der Waals surface area contributed by atoms with Gasteiger partial charge in [-0.25, -0.2) is 4.98 Å².